The summed E-state index contributed by atoms with van der Waals surface area (Å²) in [6.07, 6.45) is 0.425. The number of thiazole rings is 1. The minimum atomic E-state index is -1.06. The fraction of sp³-hybridized carbons (Fsp3) is 0.190. The van der Waals surface area contributed by atoms with Gasteiger partial charge < -0.3 is 15.2 Å². The number of benzene rings is 2. The van der Waals surface area contributed by atoms with Gasteiger partial charge in [0.2, 0.25) is 0 Å². The predicted molar refractivity (Wildman–Crippen MR) is 110 cm³/mol. The standard InChI is InChI=1S/C21H17ClN2O4S/c22-18-10-23-20(29-18)17(9-19(25)26)24-21(27)28-11-16-14-7-3-1-5-12(14)13-6-2-4-8-15(13)16/h1-8,10,16-17H,9,11H2,(H,24,27)(H,25,26)/t17-/m0/s1. The van der Waals surface area contributed by atoms with Gasteiger partial charge in [-0.05, 0) is 22.3 Å². The Bertz CT molecular complexity index is 1020. The van der Waals surface area contributed by atoms with E-state index in [1.165, 1.54) is 6.20 Å². The lowest BCUT2D eigenvalue weighted by Crippen LogP contribution is -2.31. The molecular formula is C21H17ClN2O4S. The van der Waals surface area contributed by atoms with Crippen LogP contribution in [0.5, 0.6) is 0 Å². The van der Waals surface area contributed by atoms with E-state index >= 15 is 0 Å². The van der Waals surface area contributed by atoms with Gasteiger partial charge in [-0.15, -0.1) is 11.3 Å². The number of carboxylic acids is 1. The summed E-state index contributed by atoms with van der Waals surface area (Å²) in [5.41, 5.74) is 4.49. The maximum atomic E-state index is 12.4. The number of halogens is 1. The Hall–Kier alpha value is -2.90. The summed E-state index contributed by atoms with van der Waals surface area (Å²) in [7, 11) is 0. The lowest BCUT2D eigenvalue weighted by Gasteiger charge is -2.17. The Morgan fingerprint density at radius 2 is 1.76 bits per heavy atom. The van der Waals surface area contributed by atoms with Gasteiger partial charge in [-0.2, -0.15) is 0 Å². The van der Waals surface area contributed by atoms with Crippen molar-refractivity contribution < 1.29 is 19.4 Å². The molecule has 0 fully saturated rings. The largest absolute Gasteiger partial charge is 0.481 e. The third-order valence-electron chi connectivity index (χ3n) is 4.81. The number of carbonyl (C=O) groups excluding carboxylic acids is 1. The van der Waals surface area contributed by atoms with Gasteiger partial charge >= 0.3 is 12.1 Å². The molecule has 6 nitrogen and oxygen atoms in total. The third kappa shape index (κ3) is 4.11. The SMILES string of the molecule is O=C(O)C[C@H](NC(=O)OCC1c2ccccc2-c2ccccc21)c1ncc(Cl)s1. The van der Waals surface area contributed by atoms with Crippen LogP contribution in [0.2, 0.25) is 4.34 Å². The topological polar surface area (TPSA) is 88.5 Å². The average molecular weight is 429 g/mol. The molecule has 0 aliphatic heterocycles. The first kappa shape index (κ1) is 19.4. The first-order chi connectivity index (χ1) is 14.0. The number of hydrogen-bond donors (Lipinski definition) is 2. The monoisotopic (exact) mass is 428 g/mol. The van der Waals surface area contributed by atoms with E-state index in [2.05, 4.69) is 22.4 Å². The molecule has 2 N–H and O–H groups in total. The normalized spacial score (nSPS) is 13.4. The van der Waals surface area contributed by atoms with Crippen LogP contribution in [0.3, 0.4) is 0 Å². The molecule has 1 aliphatic rings. The quantitative estimate of drug-likeness (QED) is 0.585. The summed E-state index contributed by atoms with van der Waals surface area (Å²) in [5, 5.41) is 12.2. The van der Waals surface area contributed by atoms with Gasteiger partial charge in [0.25, 0.3) is 0 Å². The van der Waals surface area contributed by atoms with Crippen molar-refractivity contribution in [3.8, 4) is 11.1 Å². The molecule has 1 aliphatic carbocycles. The fourth-order valence-electron chi connectivity index (χ4n) is 3.59. The van der Waals surface area contributed by atoms with E-state index in [9.17, 15) is 9.59 Å². The Morgan fingerprint density at radius 1 is 1.14 bits per heavy atom. The molecule has 2 aromatic carbocycles. The predicted octanol–water partition coefficient (Wildman–Crippen LogP) is 4.85. The van der Waals surface area contributed by atoms with Crippen molar-refractivity contribution >= 4 is 35.0 Å². The van der Waals surface area contributed by atoms with Crippen LogP contribution in [0.4, 0.5) is 4.79 Å². The molecule has 8 heteroatoms. The molecule has 148 valence electrons. The number of carboxylic acid groups (broad SMARTS) is 1. The Labute approximate surface area is 176 Å². The molecule has 0 unspecified atom stereocenters. The lowest BCUT2D eigenvalue weighted by molar-refractivity contribution is -0.137. The van der Waals surface area contributed by atoms with Gasteiger partial charge in [0.1, 0.15) is 16.0 Å². The average Bonchev–Trinajstić information content (AvgIpc) is 3.27. The Balaban J connectivity index is 1.47. The van der Waals surface area contributed by atoms with Crippen molar-refractivity contribution in [3.05, 3.63) is 75.2 Å². The highest BCUT2D eigenvalue weighted by Gasteiger charge is 2.29. The number of hydrogen-bond acceptors (Lipinski definition) is 5. The molecule has 0 bridgehead atoms. The number of ether oxygens (including phenoxy) is 1. The number of carbonyl (C=O) groups is 2. The van der Waals surface area contributed by atoms with E-state index in [1.807, 2.05) is 36.4 Å². The van der Waals surface area contributed by atoms with Crippen LogP contribution in [-0.2, 0) is 9.53 Å². The zero-order valence-corrected chi connectivity index (χ0v) is 16.7. The fourth-order valence-corrected chi connectivity index (χ4v) is 4.57. The number of aliphatic carboxylic acids is 1. The number of fused-ring (bicyclic) bond motifs is 3. The maximum absolute atomic E-state index is 12.4. The minimum Gasteiger partial charge on any atom is -0.481 e. The summed E-state index contributed by atoms with van der Waals surface area (Å²) in [5.74, 6) is -1.12. The number of amides is 1. The van der Waals surface area contributed by atoms with Gasteiger partial charge in [-0.3, -0.25) is 4.79 Å². The smallest absolute Gasteiger partial charge is 0.407 e. The van der Waals surface area contributed by atoms with E-state index < -0.39 is 18.1 Å². The van der Waals surface area contributed by atoms with Gasteiger partial charge in [0.15, 0.2) is 0 Å². The van der Waals surface area contributed by atoms with Crippen LogP contribution in [0, 0.1) is 0 Å². The molecule has 0 saturated heterocycles. The van der Waals surface area contributed by atoms with Crippen LogP contribution in [0.1, 0.15) is 34.5 Å². The summed E-state index contributed by atoms with van der Waals surface area (Å²) in [6.45, 7) is 0.151. The maximum Gasteiger partial charge on any atom is 0.407 e. The first-order valence-electron chi connectivity index (χ1n) is 8.97. The van der Waals surface area contributed by atoms with Crippen LogP contribution >= 0.6 is 22.9 Å². The van der Waals surface area contributed by atoms with Crippen molar-refractivity contribution in [2.45, 2.75) is 18.4 Å². The van der Waals surface area contributed by atoms with Crippen LogP contribution < -0.4 is 5.32 Å². The summed E-state index contributed by atoms with van der Waals surface area (Å²) < 4.78 is 5.90. The molecule has 29 heavy (non-hydrogen) atoms. The molecule has 1 amide bonds. The molecular weight excluding hydrogens is 412 g/mol. The molecule has 4 rings (SSSR count). The highest BCUT2D eigenvalue weighted by atomic mass is 35.5. The summed E-state index contributed by atoms with van der Waals surface area (Å²) in [4.78, 5) is 27.7. The number of nitrogens with zero attached hydrogens (tertiary/aromatic N) is 1. The highest BCUT2D eigenvalue weighted by Crippen LogP contribution is 2.44. The van der Waals surface area contributed by atoms with Crippen LogP contribution in [0.25, 0.3) is 11.1 Å². The van der Waals surface area contributed by atoms with Crippen LogP contribution in [-0.4, -0.2) is 28.8 Å². The van der Waals surface area contributed by atoms with E-state index in [4.69, 9.17) is 21.4 Å². The van der Waals surface area contributed by atoms with Crippen LogP contribution in [0.15, 0.2) is 54.7 Å². The van der Waals surface area contributed by atoms with Gasteiger partial charge in [0.05, 0.1) is 18.7 Å². The molecule has 3 aromatic rings. The van der Waals surface area contributed by atoms with E-state index in [0.29, 0.717) is 9.34 Å². The second-order valence-electron chi connectivity index (χ2n) is 6.62. The summed E-state index contributed by atoms with van der Waals surface area (Å²) >= 11 is 7.01. The zero-order chi connectivity index (χ0) is 20.4. The third-order valence-corrected chi connectivity index (χ3v) is 6.04. The van der Waals surface area contributed by atoms with E-state index in [-0.39, 0.29) is 18.9 Å². The number of rotatable bonds is 6. The Kier molecular flexibility index (Phi) is 5.51. The van der Waals surface area contributed by atoms with E-state index in [0.717, 1.165) is 33.6 Å². The number of alkyl carbamates (subject to hydrolysis) is 1. The molecule has 0 radical (unpaired) electrons. The molecule has 1 atom stereocenters. The lowest BCUT2D eigenvalue weighted by atomic mass is 9.98. The molecule has 0 spiro atoms. The van der Waals surface area contributed by atoms with Gasteiger partial charge in [-0.25, -0.2) is 9.78 Å². The van der Waals surface area contributed by atoms with Crippen molar-refractivity contribution in [3.63, 3.8) is 0 Å². The first-order valence-corrected chi connectivity index (χ1v) is 10.2. The van der Waals surface area contributed by atoms with Gasteiger partial charge in [-0.1, -0.05) is 60.1 Å². The zero-order valence-electron chi connectivity index (χ0n) is 15.2. The number of nitrogens with one attached hydrogen (secondary N) is 1. The Morgan fingerprint density at radius 3 is 2.31 bits per heavy atom. The van der Waals surface area contributed by atoms with Crippen molar-refractivity contribution in [1.82, 2.24) is 10.3 Å². The summed E-state index contributed by atoms with van der Waals surface area (Å²) in [6, 6.07) is 15.3. The molecule has 1 aromatic heterocycles. The van der Waals surface area contributed by atoms with E-state index in [1.54, 1.807) is 0 Å². The molecule has 1 heterocycles. The second-order valence-corrected chi connectivity index (χ2v) is 8.32. The van der Waals surface area contributed by atoms with Crippen molar-refractivity contribution in [2.75, 3.05) is 6.61 Å². The van der Waals surface area contributed by atoms with Crippen molar-refractivity contribution in [2.24, 2.45) is 0 Å². The van der Waals surface area contributed by atoms with Gasteiger partial charge in [0, 0.05) is 5.92 Å². The minimum absolute atomic E-state index is 0.0691. The number of aromatic nitrogens is 1. The van der Waals surface area contributed by atoms with Crippen molar-refractivity contribution in [1.29, 1.82) is 0 Å². The second kappa shape index (κ2) is 8.23. The molecule has 0 saturated carbocycles. The highest BCUT2D eigenvalue weighted by molar-refractivity contribution is 7.15.